The summed E-state index contributed by atoms with van der Waals surface area (Å²) in [5, 5.41) is 0.953. The Morgan fingerprint density at radius 2 is 1.93 bits per heavy atom. The van der Waals surface area contributed by atoms with E-state index in [4.69, 9.17) is 5.73 Å². The third-order valence-corrected chi connectivity index (χ3v) is 5.15. The van der Waals surface area contributed by atoms with Crippen LogP contribution in [0.15, 0.2) is 54.4 Å². The van der Waals surface area contributed by atoms with Crippen molar-refractivity contribution in [2.24, 2.45) is 5.73 Å². The van der Waals surface area contributed by atoms with Gasteiger partial charge in [0.15, 0.2) is 0 Å². The number of hydrogen-bond donors (Lipinski definition) is 1. The highest BCUT2D eigenvalue weighted by molar-refractivity contribution is 6.00. The summed E-state index contributed by atoms with van der Waals surface area (Å²) in [6.45, 7) is 8.83. The second kappa shape index (κ2) is 7.72. The average Bonchev–Trinajstić information content (AvgIpc) is 2.92. The van der Waals surface area contributed by atoms with Crippen molar-refractivity contribution >= 4 is 17.2 Å². The molecule has 0 saturated heterocycles. The standard InChI is InChI=1S/C24H27FN2O/c1-16-23(18-6-5-7-19(13-18)24(2,3)4)21-12-17(15-28)8-9-22(21)27(16)14-20(25)10-11-26/h5-10,12-13,15H,11,14,26H2,1-4H3/b20-10-. The summed E-state index contributed by atoms with van der Waals surface area (Å²) in [7, 11) is 0. The van der Waals surface area contributed by atoms with Crippen molar-refractivity contribution in [2.75, 3.05) is 6.54 Å². The molecule has 0 saturated carbocycles. The average molecular weight is 378 g/mol. The molecule has 3 nitrogen and oxygen atoms in total. The minimum atomic E-state index is -0.267. The molecule has 1 heterocycles. The normalized spacial score (nSPS) is 12.6. The Labute approximate surface area is 165 Å². The Morgan fingerprint density at radius 3 is 2.57 bits per heavy atom. The number of rotatable bonds is 5. The molecule has 0 amide bonds. The molecule has 0 aliphatic carbocycles. The third kappa shape index (κ3) is 3.78. The molecular formula is C24H27FN2O. The number of allylic oxidation sites excluding steroid dienone is 1. The van der Waals surface area contributed by atoms with Crippen molar-refractivity contribution < 1.29 is 9.18 Å². The van der Waals surface area contributed by atoms with Crippen LogP contribution >= 0.6 is 0 Å². The quantitative estimate of drug-likeness (QED) is 0.593. The lowest BCUT2D eigenvalue weighted by Gasteiger charge is -2.20. The number of nitrogens with two attached hydrogens (primary N) is 1. The van der Waals surface area contributed by atoms with Gasteiger partial charge < -0.3 is 10.3 Å². The van der Waals surface area contributed by atoms with Crippen molar-refractivity contribution in [2.45, 2.75) is 39.7 Å². The molecule has 1 aromatic heterocycles. The van der Waals surface area contributed by atoms with Crippen LogP contribution in [0.2, 0.25) is 0 Å². The molecule has 0 fully saturated rings. The van der Waals surface area contributed by atoms with E-state index < -0.39 is 0 Å². The maximum absolute atomic E-state index is 14.3. The van der Waals surface area contributed by atoms with Crippen LogP contribution in [-0.2, 0) is 12.0 Å². The van der Waals surface area contributed by atoms with Crippen molar-refractivity contribution in [3.05, 3.63) is 71.2 Å². The van der Waals surface area contributed by atoms with Crippen molar-refractivity contribution in [1.82, 2.24) is 4.57 Å². The maximum atomic E-state index is 14.3. The summed E-state index contributed by atoms with van der Waals surface area (Å²) < 4.78 is 16.2. The summed E-state index contributed by atoms with van der Waals surface area (Å²) in [5.74, 6) is -0.267. The van der Waals surface area contributed by atoms with Gasteiger partial charge in [0.05, 0.1) is 6.54 Å². The zero-order valence-electron chi connectivity index (χ0n) is 16.9. The molecule has 2 N–H and O–H groups in total. The number of halogens is 1. The van der Waals surface area contributed by atoms with Gasteiger partial charge in [0.1, 0.15) is 12.1 Å². The summed E-state index contributed by atoms with van der Waals surface area (Å²) in [6.07, 6.45) is 2.24. The number of benzene rings is 2. The first-order valence-corrected chi connectivity index (χ1v) is 9.49. The zero-order chi connectivity index (χ0) is 20.5. The second-order valence-electron chi connectivity index (χ2n) is 8.16. The van der Waals surface area contributed by atoms with E-state index in [-0.39, 0.29) is 24.3 Å². The molecule has 0 unspecified atom stereocenters. The van der Waals surface area contributed by atoms with Gasteiger partial charge in [-0.2, -0.15) is 0 Å². The van der Waals surface area contributed by atoms with E-state index in [9.17, 15) is 9.18 Å². The maximum Gasteiger partial charge on any atom is 0.150 e. The number of aromatic nitrogens is 1. The van der Waals surface area contributed by atoms with Crippen LogP contribution in [0.1, 0.15) is 42.4 Å². The Kier molecular flexibility index (Phi) is 5.52. The van der Waals surface area contributed by atoms with Crippen LogP contribution in [0, 0.1) is 6.92 Å². The van der Waals surface area contributed by atoms with Crippen LogP contribution in [0.4, 0.5) is 4.39 Å². The lowest BCUT2D eigenvalue weighted by molar-refractivity contribution is 0.112. The van der Waals surface area contributed by atoms with E-state index in [1.54, 1.807) is 6.07 Å². The van der Waals surface area contributed by atoms with Crippen LogP contribution < -0.4 is 5.73 Å². The number of nitrogens with zero attached hydrogens (tertiary/aromatic N) is 1. The van der Waals surface area contributed by atoms with E-state index in [2.05, 4.69) is 45.0 Å². The van der Waals surface area contributed by atoms with Gasteiger partial charge in [0.25, 0.3) is 0 Å². The Hall–Kier alpha value is -2.72. The summed E-state index contributed by atoms with van der Waals surface area (Å²) in [6, 6.07) is 14.0. The number of hydrogen-bond acceptors (Lipinski definition) is 2. The first kappa shape index (κ1) is 20.0. The molecule has 4 heteroatoms. The predicted octanol–water partition coefficient (Wildman–Crippen LogP) is 5.54. The van der Waals surface area contributed by atoms with Crippen LogP contribution in [0.5, 0.6) is 0 Å². The van der Waals surface area contributed by atoms with Gasteiger partial charge in [0.2, 0.25) is 0 Å². The van der Waals surface area contributed by atoms with Crippen molar-refractivity contribution in [3.63, 3.8) is 0 Å². The molecule has 3 aromatic rings. The topological polar surface area (TPSA) is 48.0 Å². The monoisotopic (exact) mass is 378 g/mol. The van der Waals surface area contributed by atoms with E-state index in [0.717, 1.165) is 34.0 Å². The highest BCUT2D eigenvalue weighted by atomic mass is 19.1. The molecule has 0 aliphatic rings. The minimum absolute atomic E-state index is 0.0201. The first-order chi connectivity index (χ1) is 13.3. The fraction of sp³-hybridized carbons (Fsp3) is 0.292. The number of fused-ring (bicyclic) bond motifs is 1. The Balaban J connectivity index is 2.28. The van der Waals surface area contributed by atoms with Crippen LogP contribution in [-0.4, -0.2) is 17.4 Å². The third-order valence-electron chi connectivity index (χ3n) is 5.15. The molecular weight excluding hydrogens is 351 g/mol. The Bertz CT molecular complexity index is 1050. The van der Waals surface area contributed by atoms with E-state index >= 15 is 0 Å². The van der Waals surface area contributed by atoms with Gasteiger partial charge in [-0.1, -0.05) is 45.0 Å². The van der Waals surface area contributed by atoms with E-state index in [1.807, 2.05) is 23.6 Å². The fourth-order valence-corrected chi connectivity index (χ4v) is 3.63. The van der Waals surface area contributed by atoms with E-state index in [0.29, 0.717) is 5.56 Å². The van der Waals surface area contributed by atoms with Gasteiger partial charge in [-0.15, -0.1) is 0 Å². The first-order valence-electron chi connectivity index (χ1n) is 9.49. The number of aldehydes is 1. The van der Waals surface area contributed by atoms with Gasteiger partial charge >= 0.3 is 0 Å². The molecule has 0 atom stereocenters. The SMILES string of the molecule is Cc1c(-c2cccc(C(C)(C)C)c2)c2cc(C=O)ccc2n1C/C(F)=C/CN. The highest BCUT2D eigenvalue weighted by Crippen LogP contribution is 2.37. The van der Waals surface area contributed by atoms with Crippen LogP contribution in [0.25, 0.3) is 22.0 Å². The molecule has 0 aliphatic heterocycles. The van der Waals surface area contributed by atoms with Gasteiger partial charge in [-0.3, -0.25) is 4.79 Å². The fourth-order valence-electron chi connectivity index (χ4n) is 3.63. The minimum Gasteiger partial charge on any atom is -0.337 e. The molecule has 3 rings (SSSR count). The molecule has 146 valence electrons. The Morgan fingerprint density at radius 1 is 1.18 bits per heavy atom. The van der Waals surface area contributed by atoms with Gasteiger partial charge in [-0.05, 0) is 47.7 Å². The second-order valence-corrected chi connectivity index (χ2v) is 8.16. The smallest absolute Gasteiger partial charge is 0.150 e. The van der Waals surface area contributed by atoms with E-state index in [1.165, 1.54) is 11.6 Å². The van der Waals surface area contributed by atoms with Crippen molar-refractivity contribution in [3.8, 4) is 11.1 Å². The summed E-state index contributed by atoms with van der Waals surface area (Å²) >= 11 is 0. The largest absolute Gasteiger partial charge is 0.337 e. The molecule has 0 bridgehead atoms. The zero-order valence-corrected chi connectivity index (χ0v) is 16.9. The molecule has 0 radical (unpaired) electrons. The molecule has 0 spiro atoms. The number of carbonyl (C=O) groups excluding carboxylic acids is 1. The van der Waals surface area contributed by atoms with Crippen LogP contribution in [0.3, 0.4) is 0 Å². The molecule has 28 heavy (non-hydrogen) atoms. The van der Waals surface area contributed by atoms with Gasteiger partial charge in [-0.25, -0.2) is 4.39 Å². The lowest BCUT2D eigenvalue weighted by atomic mass is 9.85. The predicted molar refractivity (Wildman–Crippen MR) is 114 cm³/mol. The molecule has 2 aromatic carbocycles. The number of carbonyl (C=O) groups is 1. The summed E-state index contributed by atoms with van der Waals surface area (Å²) in [4.78, 5) is 11.3. The highest BCUT2D eigenvalue weighted by Gasteiger charge is 2.19. The summed E-state index contributed by atoms with van der Waals surface area (Å²) in [5.41, 5.74) is 11.3. The van der Waals surface area contributed by atoms with Gasteiger partial charge in [0, 0.05) is 34.3 Å². The lowest BCUT2D eigenvalue weighted by Crippen LogP contribution is -2.10. The van der Waals surface area contributed by atoms with Crippen molar-refractivity contribution in [1.29, 1.82) is 0 Å².